The summed E-state index contributed by atoms with van der Waals surface area (Å²) in [5, 5.41) is 8.00. The molecule has 5 heteroatoms. The fourth-order valence-electron chi connectivity index (χ4n) is 0.989. The zero-order valence-electron chi connectivity index (χ0n) is 8.12. The summed E-state index contributed by atoms with van der Waals surface area (Å²) in [7, 11) is 0. The second kappa shape index (κ2) is 4.58. The lowest BCUT2D eigenvalue weighted by Gasteiger charge is -2.08. The van der Waals surface area contributed by atoms with Crippen molar-refractivity contribution >= 4 is 11.6 Å². The van der Waals surface area contributed by atoms with Crippen LogP contribution in [0, 0.1) is 6.92 Å². The van der Waals surface area contributed by atoms with Gasteiger partial charge in [0.15, 0.2) is 0 Å². The van der Waals surface area contributed by atoms with Crippen LogP contribution < -0.4 is 0 Å². The molecule has 1 rings (SSSR count). The number of nitrogens with zero attached hydrogens (tertiary/aromatic N) is 3. The van der Waals surface area contributed by atoms with Gasteiger partial charge in [0.1, 0.15) is 5.82 Å². The van der Waals surface area contributed by atoms with Gasteiger partial charge in [-0.1, -0.05) is 0 Å². The van der Waals surface area contributed by atoms with E-state index in [-0.39, 0.29) is 6.10 Å². The van der Waals surface area contributed by atoms with E-state index < -0.39 is 0 Å². The minimum atomic E-state index is 0.246. The van der Waals surface area contributed by atoms with Crippen molar-refractivity contribution in [3.8, 4) is 0 Å². The van der Waals surface area contributed by atoms with E-state index in [9.17, 15) is 0 Å². The fourth-order valence-corrected chi connectivity index (χ4v) is 1.23. The van der Waals surface area contributed by atoms with Crippen LogP contribution in [0.5, 0.6) is 0 Å². The highest BCUT2D eigenvalue weighted by molar-refractivity contribution is 6.28. The molecule has 0 aliphatic rings. The van der Waals surface area contributed by atoms with E-state index in [1.807, 2.05) is 25.3 Å². The molecule has 0 aliphatic carbocycles. The highest BCUT2D eigenvalue weighted by Gasteiger charge is 2.05. The summed E-state index contributed by atoms with van der Waals surface area (Å²) in [5.41, 5.74) is 0. The summed E-state index contributed by atoms with van der Waals surface area (Å²) >= 11 is 5.79. The van der Waals surface area contributed by atoms with Crippen LogP contribution in [0.15, 0.2) is 0 Å². The molecule has 0 radical (unpaired) electrons. The van der Waals surface area contributed by atoms with Gasteiger partial charge in [-0.2, -0.15) is 0 Å². The molecule has 1 aromatic rings. The maximum Gasteiger partial charge on any atom is 0.225 e. The molecule has 0 amide bonds. The lowest BCUT2D eigenvalue weighted by molar-refractivity contribution is 0.0724. The van der Waals surface area contributed by atoms with Gasteiger partial charge in [0.05, 0.1) is 19.3 Å². The van der Waals surface area contributed by atoms with Gasteiger partial charge in [-0.25, -0.2) is 0 Å². The standard InChI is InChI=1S/C8H14ClN3O/c1-6(2)13-5-4-12-7(3)10-11-8(12)9/h6H,4-5H2,1-3H3. The molecule has 0 spiro atoms. The van der Waals surface area contributed by atoms with Gasteiger partial charge < -0.3 is 4.74 Å². The van der Waals surface area contributed by atoms with Crippen molar-refractivity contribution in [1.29, 1.82) is 0 Å². The fraction of sp³-hybridized carbons (Fsp3) is 0.750. The maximum absolute atomic E-state index is 5.79. The second-order valence-corrected chi connectivity index (χ2v) is 3.43. The monoisotopic (exact) mass is 203 g/mol. The molecule has 0 saturated heterocycles. The first-order valence-corrected chi connectivity index (χ1v) is 4.66. The smallest absolute Gasteiger partial charge is 0.225 e. The zero-order valence-corrected chi connectivity index (χ0v) is 8.88. The number of rotatable bonds is 4. The van der Waals surface area contributed by atoms with Crippen molar-refractivity contribution < 1.29 is 4.74 Å². The van der Waals surface area contributed by atoms with Crippen LogP contribution >= 0.6 is 11.6 Å². The molecule has 4 nitrogen and oxygen atoms in total. The predicted octanol–water partition coefficient (Wildman–Crippen LogP) is 1.66. The third-order valence-electron chi connectivity index (χ3n) is 1.66. The van der Waals surface area contributed by atoms with E-state index in [0.29, 0.717) is 18.4 Å². The number of hydrogen-bond acceptors (Lipinski definition) is 3. The molecule has 0 unspecified atom stereocenters. The Morgan fingerprint density at radius 2 is 2.15 bits per heavy atom. The van der Waals surface area contributed by atoms with Crippen LogP contribution in [0.25, 0.3) is 0 Å². The van der Waals surface area contributed by atoms with E-state index in [1.54, 1.807) is 0 Å². The number of aryl methyl sites for hydroxylation is 1. The van der Waals surface area contributed by atoms with Crippen LogP contribution in [0.3, 0.4) is 0 Å². The van der Waals surface area contributed by atoms with Crippen molar-refractivity contribution in [3.63, 3.8) is 0 Å². The molecule has 1 heterocycles. The summed E-state index contributed by atoms with van der Waals surface area (Å²) < 4.78 is 7.21. The number of aromatic nitrogens is 3. The van der Waals surface area contributed by atoms with E-state index in [2.05, 4.69) is 10.2 Å². The van der Waals surface area contributed by atoms with Crippen molar-refractivity contribution in [1.82, 2.24) is 14.8 Å². The van der Waals surface area contributed by atoms with Gasteiger partial charge in [0.2, 0.25) is 5.28 Å². The number of hydrogen-bond donors (Lipinski definition) is 0. The van der Waals surface area contributed by atoms with Gasteiger partial charge in [0.25, 0.3) is 0 Å². The third-order valence-corrected chi connectivity index (χ3v) is 1.94. The minimum Gasteiger partial charge on any atom is -0.377 e. The maximum atomic E-state index is 5.79. The highest BCUT2D eigenvalue weighted by atomic mass is 35.5. The number of halogens is 1. The summed E-state index contributed by atoms with van der Waals surface area (Å²) in [4.78, 5) is 0. The largest absolute Gasteiger partial charge is 0.377 e. The van der Waals surface area contributed by atoms with E-state index in [0.717, 1.165) is 5.82 Å². The molecular weight excluding hydrogens is 190 g/mol. The molecule has 0 saturated carbocycles. The Labute approximate surface area is 82.9 Å². The van der Waals surface area contributed by atoms with Crippen LogP contribution in [0.1, 0.15) is 19.7 Å². The summed E-state index contributed by atoms with van der Waals surface area (Å²) in [6.45, 7) is 7.21. The first-order chi connectivity index (χ1) is 6.11. The Kier molecular flexibility index (Phi) is 3.69. The van der Waals surface area contributed by atoms with E-state index in [1.165, 1.54) is 0 Å². The van der Waals surface area contributed by atoms with E-state index in [4.69, 9.17) is 16.3 Å². The molecule has 0 fully saturated rings. The quantitative estimate of drug-likeness (QED) is 0.748. The van der Waals surface area contributed by atoms with Crippen LogP contribution in [0.4, 0.5) is 0 Å². The molecule has 0 N–H and O–H groups in total. The predicted molar refractivity (Wildman–Crippen MR) is 50.9 cm³/mol. The molecule has 0 aliphatic heterocycles. The van der Waals surface area contributed by atoms with Gasteiger partial charge in [-0.15, -0.1) is 10.2 Å². The summed E-state index contributed by atoms with van der Waals surface area (Å²) in [6.07, 6.45) is 0.246. The van der Waals surface area contributed by atoms with Gasteiger partial charge >= 0.3 is 0 Å². The van der Waals surface area contributed by atoms with Gasteiger partial charge in [0, 0.05) is 0 Å². The minimum absolute atomic E-state index is 0.246. The highest BCUT2D eigenvalue weighted by Crippen LogP contribution is 2.06. The first-order valence-electron chi connectivity index (χ1n) is 4.28. The molecule has 13 heavy (non-hydrogen) atoms. The average molecular weight is 204 g/mol. The molecule has 0 bridgehead atoms. The summed E-state index contributed by atoms with van der Waals surface area (Å²) in [6, 6.07) is 0. The Bertz CT molecular complexity index is 253. The van der Waals surface area contributed by atoms with Crippen molar-refractivity contribution in [2.45, 2.75) is 33.4 Å². The normalized spacial score (nSPS) is 11.2. The zero-order chi connectivity index (χ0) is 9.84. The van der Waals surface area contributed by atoms with Gasteiger partial charge in [-0.05, 0) is 32.4 Å². The first kappa shape index (κ1) is 10.5. The second-order valence-electron chi connectivity index (χ2n) is 3.09. The van der Waals surface area contributed by atoms with Crippen LogP contribution in [-0.2, 0) is 11.3 Å². The Balaban J connectivity index is 2.44. The average Bonchev–Trinajstić information content (AvgIpc) is 2.34. The molecule has 0 atom stereocenters. The number of ether oxygens (including phenoxy) is 1. The molecule has 0 aromatic carbocycles. The van der Waals surface area contributed by atoms with Crippen LogP contribution in [0.2, 0.25) is 5.28 Å². The Morgan fingerprint density at radius 1 is 1.46 bits per heavy atom. The SMILES string of the molecule is Cc1nnc(Cl)n1CCOC(C)C. The van der Waals surface area contributed by atoms with Crippen molar-refractivity contribution in [2.75, 3.05) is 6.61 Å². The van der Waals surface area contributed by atoms with Crippen molar-refractivity contribution in [3.05, 3.63) is 11.1 Å². The lowest BCUT2D eigenvalue weighted by Crippen LogP contribution is -2.11. The Morgan fingerprint density at radius 3 is 2.62 bits per heavy atom. The molecule has 1 aromatic heterocycles. The Hall–Kier alpha value is -0.610. The third kappa shape index (κ3) is 2.97. The van der Waals surface area contributed by atoms with E-state index >= 15 is 0 Å². The summed E-state index contributed by atoms with van der Waals surface area (Å²) in [5.74, 6) is 0.817. The molecular formula is C8H14ClN3O. The topological polar surface area (TPSA) is 39.9 Å². The lowest BCUT2D eigenvalue weighted by atomic mass is 10.5. The van der Waals surface area contributed by atoms with Gasteiger partial charge in [-0.3, -0.25) is 4.57 Å². The van der Waals surface area contributed by atoms with Crippen LogP contribution in [-0.4, -0.2) is 27.5 Å². The molecule has 74 valence electrons. The van der Waals surface area contributed by atoms with Crippen molar-refractivity contribution in [2.24, 2.45) is 0 Å².